The predicted octanol–water partition coefficient (Wildman–Crippen LogP) is 3.08. The number of rotatable bonds is 7. The lowest BCUT2D eigenvalue weighted by atomic mass is 9.90. The van der Waals surface area contributed by atoms with Crippen LogP contribution in [0.15, 0.2) is 5.16 Å². The standard InChI is InChI=1S/C14H26N2O3/c1-4-18-16-11(3)10(2)9-13(19-14(15)17)12-7-5-6-8-12/h10,12-13H,4-9H2,1-3H3,(H2,15,17)/b16-11-/t10-,13+/m1/s1. The van der Waals surface area contributed by atoms with E-state index in [0.717, 1.165) is 25.0 Å². The van der Waals surface area contributed by atoms with Crippen LogP contribution >= 0.6 is 0 Å². The summed E-state index contributed by atoms with van der Waals surface area (Å²) in [5, 5.41) is 4.05. The lowest BCUT2D eigenvalue weighted by Gasteiger charge is -2.25. The third kappa shape index (κ3) is 5.49. The van der Waals surface area contributed by atoms with Crippen molar-refractivity contribution in [2.24, 2.45) is 22.7 Å². The molecule has 2 N–H and O–H groups in total. The molecule has 0 saturated heterocycles. The number of hydrogen-bond donors (Lipinski definition) is 1. The van der Waals surface area contributed by atoms with E-state index in [9.17, 15) is 4.79 Å². The van der Waals surface area contributed by atoms with Gasteiger partial charge in [0.05, 0.1) is 5.71 Å². The van der Waals surface area contributed by atoms with Crippen molar-refractivity contribution < 1.29 is 14.4 Å². The van der Waals surface area contributed by atoms with E-state index in [0.29, 0.717) is 12.5 Å². The number of carbonyl (C=O) groups is 1. The molecule has 5 nitrogen and oxygen atoms in total. The van der Waals surface area contributed by atoms with E-state index in [1.807, 2.05) is 13.8 Å². The number of amides is 1. The van der Waals surface area contributed by atoms with Gasteiger partial charge in [-0.25, -0.2) is 4.79 Å². The van der Waals surface area contributed by atoms with E-state index in [2.05, 4.69) is 12.1 Å². The topological polar surface area (TPSA) is 73.9 Å². The van der Waals surface area contributed by atoms with Crippen molar-refractivity contribution in [1.82, 2.24) is 0 Å². The van der Waals surface area contributed by atoms with Crippen LogP contribution in [-0.2, 0) is 9.57 Å². The summed E-state index contributed by atoms with van der Waals surface area (Å²) in [6.45, 7) is 6.48. The van der Waals surface area contributed by atoms with Crippen LogP contribution in [0.1, 0.15) is 52.9 Å². The number of nitrogens with two attached hydrogens (primary N) is 1. The molecular formula is C14H26N2O3. The Kier molecular flexibility index (Phi) is 6.67. The van der Waals surface area contributed by atoms with Gasteiger partial charge in [-0.15, -0.1) is 0 Å². The summed E-state index contributed by atoms with van der Waals surface area (Å²) in [7, 11) is 0. The molecule has 0 unspecified atom stereocenters. The second kappa shape index (κ2) is 8.02. The molecule has 1 amide bonds. The van der Waals surface area contributed by atoms with Crippen LogP contribution in [-0.4, -0.2) is 24.5 Å². The van der Waals surface area contributed by atoms with Crippen LogP contribution in [0.4, 0.5) is 4.79 Å². The molecule has 1 rings (SSSR count). The molecule has 110 valence electrons. The van der Waals surface area contributed by atoms with Gasteiger partial charge in [-0.3, -0.25) is 0 Å². The Hall–Kier alpha value is -1.26. The minimum Gasteiger partial charge on any atom is -0.446 e. The first-order valence-corrected chi connectivity index (χ1v) is 7.17. The lowest BCUT2D eigenvalue weighted by molar-refractivity contribution is 0.0590. The maximum absolute atomic E-state index is 11.0. The Bertz CT molecular complexity index is 312. The number of ether oxygens (including phenoxy) is 1. The van der Waals surface area contributed by atoms with Crippen molar-refractivity contribution in [1.29, 1.82) is 0 Å². The van der Waals surface area contributed by atoms with E-state index in [4.69, 9.17) is 15.3 Å². The van der Waals surface area contributed by atoms with Gasteiger partial charge in [0.25, 0.3) is 0 Å². The minimum absolute atomic E-state index is 0.0956. The molecule has 0 radical (unpaired) electrons. The van der Waals surface area contributed by atoms with E-state index in [-0.39, 0.29) is 12.0 Å². The first-order chi connectivity index (χ1) is 9.04. The molecule has 0 heterocycles. The second-order valence-corrected chi connectivity index (χ2v) is 5.31. The normalized spacial score (nSPS) is 20.1. The lowest BCUT2D eigenvalue weighted by Crippen LogP contribution is -2.31. The summed E-state index contributed by atoms with van der Waals surface area (Å²) in [6, 6.07) is 0. The highest BCUT2D eigenvalue weighted by molar-refractivity contribution is 5.83. The summed E-state index contributed by atoms with van der Waals surface area (Å²) in [6.07, 6.45) is 4.65. The van der Waals surface area contributed by atoms with Crippen LogP contribution < -0.4 is 5.73 Å². The predicted molar refractivity (Wildman–Crippen MR) is 74.9 cm³/mol. The van der Waals surface area contributed by atoms with E-state index in [1.165, 1.54) is 12.8 Å². The Morgan fingerprint density at radius 3 is 2.58 bits per heavy atom. The van der Waals surface area contributed by atoms with Gasteiger partial charge in [0.1, 0.15) is 12.7 Å². The summed E-state index contributed by atoms with van der Waals surface area (Å²) < 4.78 is 5.30. The quantitative estimate of drug-likeness (QED) is 0.570. The monoisotopic (exact) mass is 270 g/mol. The van der Waals surface area contributed by atoms with Crippen LogP contribution in [0.25, 0.3) is 0 Å². The zero-order valence-corrected chi connectivity index (χ0v) is 12.2. The van der Waals surface area contributed by atoms with Crippen molar-refractivity contribution in [3.63, 3.8) is 0 Å². The highest BCUT2D eigenvalue weighted by Gasteiger charge is 2.29. The first-order valence-electron chi connectivity index (χ1n) is 7.17. The summed E-state index contributed by atoms with van der Waals surface area (Å²) in [5.74, 6) is 0.659. The van der Waals surface area contributed by atoms with Crippen molar-refractivity contribution in [3.05, 3.63) is 0 Å². The minimum atomic E-state index is -0.677. The molecule has 19 heavy (non-hydrogen) atoms. The zero-order valence-electron chi connectivity index (χ0n) is 12.2. The highest BCUT2D eigenvalue weighted by atomic mass is 16.6. The van der Waals surface area contributed by atoms with Crippen molar-refractivity contribution in [2.45, 2.75) is 59.0 Å². The number of primary amides is 1. The van der Waals surface area contributed by atoms with E-state index in [1.54, 1.807) is 0 Å². The molecule has 0 aliphatic heterocycles. The van der Waals surface area contributed by atoms with Crippen LogP contribution in [0.2, 0.25) is 0 Å². The number of carbonyl (C=O) groups excluding carboxylic acids is 1. The zero-order chi connectivity index (χ0) is 14.3. The molecule has 1 saturated carbocycles. The Labute approximate surface area is 115 Å². The third-order valence-electron chi connectivity index (χ3n) is 3.83. The Morgan fingerprint density at radius 1 is 1.42 bits per heavy atom. The first kappa shape index (κ1) is 15.8. The third-order valence-corrected chi connectivity index (χ3v) is 3.83. The molecule has 1 aliphatic rings. The van der Waals surface area contributed by atoms with E-state index < -0.39 is 6.09 Å². The molecule has 0 bridgehead atoms. The average molecular weight is 270 g/mol. The molecule has 2 atom stereocenters. The highest BCUT2D eigenvalue weighted by Crippen LogP contribution is 2.32. The van der Waals surface area contributed by atoms with Gasteiger partial charge in [0.15, 0.2) is 0 Å². The number of hydrogen-bond acceptors (Lipinski definition) is 4. The largest absolute Gasteiger partial charge is 0.446 e. The Balaban J connectivity index is 2.57. The summed E-state index contributed by atoms with van der Waals surface area (Å²) in [4.78, 5) is 16.1. The van der Waals surface area contributed by atoms with Gasteiger partial charge in [-0.2, -0.15) is 0 Å². The average Bonchev–Trinajstić information content (AvgIpc) is 2.88. The molecular weight excluding hydrogens is 244 g/mol. The molecule has 1 aliphatic carbocycles. The molecule has 0 aromatic rings. The van der Waals surface area contributed by atoms with Crippen molar-refractivity contribution in [3.8, 4) is 0 Å². The maximum Gasteiger partial charge on any atom is 0.404 e. The number of nitrogens with zero attached hydrogens (tertiary/aromatic N) is 1. The summed E-state index contributed by atoms with van der Waals surface area (Å²) in [5.41, 5.74) is 6.11. The van der Waals surface area contributed by atoms with Gasteiger partial charge in [-0.05, 0) is 39.0 Å². The van der Waals surface area contributed by atoms with E-state index >= 15 is 0 Å². The smallest absolute Gasteiger partial charge is 0.404 e. The van der Waals surface area contributed by atoms with Gasteiger partial charge in [-0.1, -0.05) is 24.9 Å². The SMILES string of the molecule is CCO/N=C(/C)[C@H](C)C[C@H](OC(N)=O)C1CCCC1. The fraction of sp³-hybridized carbons (Fsp3) is 0.857. The van der Waals surface area contributed by atoms with Crippen molar-refractivity contribution in [2.75, 3.05) is 6.61 Å². The van der Waals surface area contributed by atoms with Crippen LogP contribution in [0, 0.1) is 11.8 Å². The molecule has 0 aromatic heterocycles. The van der Waals surface area contributed by atoms with Crippen LogP contribution in [0.3, 0.4) is 0 Å². The Morgan fingerprint density at radius 2 is 2.05 bits per heavy atom. The fourth-order valence-corrected chi connectivity index (χ4v) is 2.59. The molecule has 0 aromatic carbocycles. The van der Waals surface area contributed by atoms with Gasteiger partial charge in [0.2, 0.25) is 0 Å². The fourth-order valence-electron chi connectivity index (χ4n) is 2.59. The molecule has 0 spiro atoms. The summed E-state index contributed by atoms with van der Waals surface area (Å²) >= 11 is 0. The van der Waals surface area contributed by atoms with Crippen LogP contribution in [0.5, 0.6) is 0 Å². The second-order valence-electron chi connectivity index (χ2n) is 5.31. The molecule has 5 heteroatoms. The number of oxime groups is 1. The molecule has 1 fully saturated rings. The van der Waals surface area contributed by atoms with Gasteiger partial charge >= 0.3 is 6.09 Å². The maximum atomic E-state index is 11.0. The van der Waals surface area contributed by atoms with Gasteiger partial charge < -0.3 is 15.3 Å². The van der Waals surface area contributed by atoms with Crippen molar-refractivity contribution >= 4 is 11.8 Å². The van der Waals surface area contributed by atoms with Gasteiger partial charge in [0, 0.05) is 5.92 Å².